The van der Waals surface area contributed by atoms with Crippen molar-refractivity contribution in [3.63, 3.8) is 0 Å². The maximum absolute atomic E-state index is 5.88. The van der Waals surface area contributed by atoms with Crippen LogP contribution in [0.4, 0.5) is 11.6 Å². The van der Waals surface area contributed by atoms with Gasteiger partial charge in [-0.15, -0.1) is 0 Å². The molecule has 1 saturated carbocycles. The summed E-state index contributed by atoms with van der Waals surface area (Å²) in [7, 11) is 1.90. The van der Waals surface area contributed by atoms with Gasteiger partial charge in [0.1, 0.15) is 17.5 Å². The topological polar surface area (TPSA) is 59.1 Å². The van der Waals surface area contributed by atoms with Crippen LogP contribution >= 0.6 is 0 Å². The molecule has 2 rings (SSSR count). The molecule has 1 fully saturated rings. The zero-order valence-corrected chi connectivity index (χ0v) is 13.5. The first-order chi connectivity index (χ1) is 10.2. The van der Waals surface area contributed by atoms with Crippen molar-refractivity contribution in [3.8, 4) is 0 Å². The van der Waals surface area contributed by atoms with Gasteiger partial charge in [-0.3, -0.25) is 0 Å². The minimum absolute atomic E-state index is 0.474. The number of nitrogens with one attached hydrogen (secondary N) is 2. The highest BCUT2D eigenvalue weighted by atomic mass is 16.5. The molecule has 5 nitrogen and oxygen atoms in total. The molecule has 1 aliphatic carbocycles. The van der Waals surface area contributed by atoms with Gasteiger partial charge in [-0.05, 0) is 26.2 Å². The van der Waals surface area contributed by atoms with Gasteiger partial charge in [0.15, 0.2) is 0 Å². The van der Waals surface area contributed by atoms with E-state index in [1.807, 2.05) is 14.0 Å². The summed E-state index contributed by atoms with van der Waals surface area (Å²) in [6.07, 6.45) is 7.50. The fourth-order valence-corrected chi connectivity index (χ4v) is 2.76. The standard InChI is InChI=1S/C16H28N4O/c1-4-7-14-19-15(17-3)12(2)16(20-14)18-10-11-21-13-8-5-6-9-13/h13H,4-11H2,1-3H3,(H2,17,18,19,20). The molecule has 5 heteroatoms. The Morgan fingerprint density at radius 2 is 1.90 bits per heavy atom. The second-order valence-electron chi connectivity index (χ2n) is 5.67. The van der Waals surface area contributed by atoms with Gasteiger partial charge in [-0.25, -0.2) is 9.97 Å². The summed E-state index contributed by atoms with van der Waals surface area (Å²) in [6.45, 7) is 5.72. The molecule has 0 atom stereocenters. The first-order valence-electron chi connectivity index (χ1n) is 8.15. The van der Waals surface area contributed by atoms with Gasteiger partial charge in [-0.2, -0.15) is 0 Å². The minimum atomic E-state index is 0.474. The molecular weight excluding hydrogens is 264 g/mol. The van der Waals surface area contributed by atoms with Crippen molar-refractivity contribution >= 4 is 11.6 Å². The lowest BCUT2D eigenvalue weighted by Gasteiger charge is -2.15. The molecular formula is C16H28N4O. The van der Waals surface area contributed by atoms with Crippen LogP contribution in [0.5, 0.6) is 0 Å². The van der Waals surface area contributed by atoms with Crippen LogP contribution in [0.2, 0.25) is 0 Å². The van der Waals surface area contributed by atoms with Crippen molar-refractivity contribution < 1.29 is 4.74 Å². The molecule has 2 N–H and O–H groups in total. The molecule has 0 aliphatic heterocycles. The Kier molecular flexibility index (Phi) is 6.23. The Morgan fingerprint density at radius 1 is 1.19 bits per heavy atom. The quantitative estimate of drug-likeness (QED) is 0.721. The molecule has 1 aromatic heterocycles. The maximum atomic E-state index is 5.88. The summed E-state index contributed by atoms with van der Waals surface area (Å²) < 4.78 is 5.88. The summed E-state index contributed by atoms with van der Waals surface area (Å²) in [4.78, 5) is 9.16. The zero-order valence-electron chi connectivity index (χ0n) is 13.5. The van der Waals surface area contributed by atoms with E-state index in [0.29, 0.717) is 6.10 Å². The maximum Gasteiger partial charge on any atom is 0.134 e. The predicted molar refractivity (Wildman–Crippen MR) is 87.0 cm³/mol. The van der Waals surface area contributed by atoms with Crippen LogP contribution in [-0.2, 0) is 11.2 Å². The fraction of sp³-hybridized carbons (Fsp3) is 0.750. The van der Waals surface area contributed by atoms with E-state index in [0.717, 1.165) is 49.0 Å². The van der Waals surface area contributed by atoms with Gasteiger partial charge in [0.05, 0.1) is 12.7 Å². The Morgan fingerprint density at radius 3 is 2.57 bits per heavy atom. The molecule has 0 saturated heterocycles. The van der Waals surface area contributed by atoms with Crippen molar-refractivity contribution in [1.29, 1.82) is 0 Å². The number of nitrogens with zero attached hydrogens (tertiary/aromatic N) is 2. The predicted octanol–water partition coefficient (Wildman–Crippen LogP) is 3.15. The SMILES string of the molecule is CCCc1nc(NC)c(C)c(NCCOC2CCCC2)n1. The second kappa shape index (κ2) is 8.17. The van der Waals surface area contributed by atoms with Crippen LogP contribution in [0.3, 0.4) is 0 Å². The van der Waals surface area contributed by atoms with Gasteiger partial charge < -0.3 is 15.4 Å². The first-order valence-corrected chi connectivity index (χ1v) is 8.15. The van der Waals surface area contributed by atoms with E-state index in [1.54, 1.807) is 0 Å². The molecule has 1 aromatic rings. The lowest BCUT2D eigenvalue weighted by Crippen LogP contribution is -2.17. The summed E-state index contributed by atoms with van der Waals surface area (Å²) in [6, 6.07) is 0. The van der Waals surface area contributed by atoms with Crippen molar-refractivity contribution in [1.82, 2.24) is 9.97 Å². The highest BCUT2D eigenvalue weighted by Crippen LogP contribution is 2.21. The molecule has 0 aromatic carbocycles. The van der Waals surface area contributed by atoms with Gasteiger partial charge in [0, 0.05) is 25.6 Å². The van der Waals surface area contributed by atoms with Gasteiger partial charge in [0.25, 0.3) is 0 Å². The largest absolute Gasteiger partial charge is 0.376 e. The third-order valence-electron chi connectivity index (χ3n) is 3.95. The van der Waals surface area contributed by atoms with E-state index in [4.69, 9.17) is 4.74 Å². The highest BCUT2D eigenvalue weighted by molar-refractivity contribution is 5.56. The zero-order chi connectivity index (χ0) is 15.1. The Balaban J connectivity index is 1.89. The lowest BCUT2D eigenvalue weighted by molar-refractivity contribution is 0.0658. The third kappa shape index (κ3) is 4.56. The number of hydrogen-bond donors (Lipinski definition) is 2. The summed E-state index contributed by atoms with van der Waals surface area (Å²) >= 11 is 0. The Bertz CT molecular complexity index is 444. The summed E-state index contributed by atoms with van der Waals surface area (Å²) in [5, 5.41) is 6.54. The van der Waals surface area contributed by atoms with Crippen molar-refractivity contribution in [2.24, 2.45) is 0 Å². The molecule has 0 unspecified atom stereocenters. The Hall–Kier alpha value is -1.36. The van der Waals surface area contributed by atoms with E-state index >= 15 is 0 Å². The normalized spacial score (nSPS) is 15.4. The van der Waals surface area contributed by atoms with Crippen LogP contribution in [0, 0.1) is 6.92 Å². The highest BCUT2D eigenvalue weighted by Gasteiger charge is 2.15. The fourth-order valence-electron chi connectivity index (χ4n) is 2.76. The van der Waals surface area contributed by atoms with Gasteiger partial charge in [-0.1, -0.05) is 19.8 Å². The van der Waals surface area contributed by atoms with Crippen LogP contribution in [0.25, 0.3) is 0 Å². The lowest BCUT2D eigenvalue weighted by atomic mass is 10.2. The van der Waals surface area contributed by atoms with Crippen LogP contribution in [-0.4, -0.2) is 36.3 Å². The average Bonchev–Trinajstić information content (AvgIpc) is 2.99. The number of rotatable bonds is 8. The van der Waals surface area contributed by atoms with Gasteiger partial charge in [0.2, 0.25) is 0 Å². The molecule has 118 valence electrons. The third-order valence-corrected chi connectivity index (χ3v) is 3.95. The molecule has 1 heterocycles. The number of anilines is 2. The van der Waals surface area contributed by atoms with Crippen LogP contribution in [0.15, 0.2) is 0 Å². The smallest absolute Gasteiger partial charge is 0.134 e. The summed E-state index contributed by atoms with van der Waals surface area (Å²) in [5.74, 6) is 2.73. The van der Waals surface area contributed by atoms with Crippen LogP contribution in [0.1, 0.15) is 50.4 Å². The van der Waals surface area contributed by atoms with E-state index < -0.39 is 0 Å². The molecule has 0 amide bonds. The van der Waals surface area contributed by atoms with Crippen molar-refractivity contribution in [2.45, 2.75) is 58.5 Å². The monoisotopic (exact) mass is 292 g/mol. The van der Waals surface area contributed by atoms with E-state index in [-0.39, 0.29) is 0 Å². The number of aromatic nitrogens is 2. The second-order valence-corrected chi connectivity index (χ2v) is 5.67. The first kappa shape index (κ1) is 16.0. The van der Waals surface area contributed by atoms with E-state index in [2.05, 4.69) is 27.5 Å². The van der Waals surface area contributed by atoms with E-state index in [9.17, 15) is 0 Å². The molecule has 0 bridgehead atoms. The Labute approximate surface area is 127 Å². The van der Waals surface area contributed by atoms with Crippen molar-refractivity contribution in [2.75, 3.05) is 30.8 Å². The van der Waals surface area contributed by atoms with Crippen LogP contribution < -0.4 is 10.6 Å². The molecule has 21 heavy (non-hydrogen) atoms. The van der Waals surface area contributed by atoms with Crippen molar-refractivity contribution in [3.05, 3.63) is 11.4 Å². The minimum Gasteiger partial charge on any atom is -0.376 e. The molecule has 0 spiro atoms. The van der Waals surface area contributed by atoms with E-state index in [1.165, 1.54) is 25.7 Å². The number of aryl methyl sites for hydroxylation is 1. The number of ether oxygens (including phenoxy) is 1. The summed E-state index contributed by atoms with van der Waals surface area (Å²) in [5.41, 5.74) is 1.07. The molecule has 1 aliphatic rings. The average molecular weight is 292 g/mol. The molecule has 0 radical (unpaired) electrons. The number of hydrogen-bond acceptors (Lipinski definition) is 5. The van der Waals surface area contributed by atoms with Gasteiger partial charge >= 0.3 is 0 Å².